The molecule has 3 aromatic rings. The monoisotopic (exact) mass is 560 g/mol. The second-order valence-corrected chi connectivity index (χ2v) is 8.42. The third-order valence-corrected chi connectivity index (χ3v) is 5.96. The number of amides is 1. The van der Waals surface area contributed by atoms with Crippen LogP contribution in [-0.2, 0) is 4.79 Å². The molecule has 0 bridgehead atoms. The lowest BCUT2D eigenvalue weighted by Gasteiger charge is -2.06. The Morgan fingerprint density at radius 1 is 1.28 bits per heavy atom. The van der Waals surface area contributed by atoms with E-state index in [4.69, 9.17) is 11.6 Å². The van der Waals surface area contributed by atoms with E-state index in [-0.39, 0.29) is 21.7 Å². The largest absolute Gasteiger partial charge is 0.506 e. The normalized spacial score (nSPS) is 11.1. The molecule has 29 heavy (non-hydrogen) atoms. The molecule has 1 heterocycles. The van der Waals surface area contributed by atoms with Gasteiger partial charge >= 0.3 is 0 Å². The standard InChI is InChI=1S/C16H11Br2ClN6O3S/c17-11-5-8(14(27)13(18)15(11)28)6-20-21-12(26)7-29-16-22-23-24-25(16)10-3-1-9(19)2-4-10/h1-6,27-28H,7H2,(H,21,26). The molecular weight excluding hydrogens is 552 g/mol. The van der Waals surface area contributed by atoms with Crippen LogP contribution in [0.3, 0.4) is 0 Å². The van der Waals surface area contributed by atoms with E-state index < -0.39 is 5.91 Å². The number of aromatic nitrogens is 4. The van der Waals surface area contributed by atoms with Gasteiger partial charge in [0.15, 0.2) is 0 Å². The topological polar surface area (TPSA) is 126 Å². The number of halogens is 3. The van der Waals surface area contributed by atoms with E-state index in [1.807, 2.05) is 0 Å². The molecule has 0 spiro atoms. The van der Waals surface area contributed by atoms with Gasteiger partial charge in [-0.1, -0.05) is 23.4 Å². The maximum absolute atomic E-state index is 12.0. The van der Waals surface area contributed by atoms with Gasteiger partial charge in [0, 0.05) is 10.6 Å². The Labute approximate surface area is 190 Å². The number of thioether (sulfide) groups is 1. The van der Waals surface area contributed by atoms with Gasteiger partial charge in [-0.25, -0.2) is 5.43 Å². The third kappa shape index (κ3) is 5.26. The number of tetrazole rings is 1. The number of carbonyl (C=O) groups excluding carboxylic acids is 1. The number of carbonyl (C=O) groups is 1. The van der Waals surface area contributed by atoms with Gasteiger partial charge in [0.1, 0.15) is 16.0 Å². The van der Waals surface area contributed by atoms with Gasteiger partial charge in [-0.15, -0.1) is 5.10 Å². The molecule has 3 rings (SSSR count). The Kier molecular flexibility index (Phi) is 7.11. The molecule has 0 saturated heterocycles. The fourth-order valence-electron chi connectivity index (χ4n) is 2.06. The second-order valence-electron chi connectivity index (χ2n) is 5.39. The van der Waals surface area contributed by atoms with Gasteiger partial charge in [0.05, 0.1) is 22.1 Å². The smallest absolute Gasteiger partial charge is 0.250 e. The van der Waals surface area contributed by atoms with Crippen molar-refractivity contribution in [3.63, 3.8) is 0 Å². The van der Waals surface area contributed by atoms with Crippen molar-refractivity contribution in [2.24, 2.45) is 5.10 Å². The first kappa shape index (κ1) is 21.6. The molecule has 0 saturated carbocycles. The lowest BCUT2D eigenvalue weighted by Crippen LogP contribution is -2.20. The molecule has 0 atom stereocenters. The van der Waals surface area contributed by atoms with E-state index in [1.54, 1.807) is 24.3 Å². The van der Waals surface area contributed by atoms with Crippen LogP contribution in [0.2, 0.25) is 5.02 Å². The molecule has 1 amide bonds. The summed E-state index contributed by atoms with van der Waals surface area (Å²) in [6.07, 6.45) is 1.25. The van der Waals surface area contributed by atoms with E-state index in [0.717, 1.165) is 11.8 Å². The zero-order chi connectivity index (χ0) is 21.0. The molecule has 2 aromatic carbocycles. The summed E-state index contributed by atoms with van der Waals surface area (Å²) in [6.45, 7) is 0. The van der Waals surface area contributed by atoms with Crippen molar-refractivity contribution < 1.29 is 15.0 Å². The molecule has 0 unspecified atom stereocenters. The van der Waals surface area contributed by atoms with Crippen LogP contribution in [0.5, 0.6) is 11.5 Å². The highest BCUT2D eigenvalue weighted by Crippen LogP contribution is 2.40. The van der Waals surface area contributed by atoms with Gasteiger partial charge in [-0.05, 0) is 72.6 Å². The minimum Gasteiger partial charge on any atom is -0.506 e. The molecule has 0 aliphatic rings. The number of hydrogen-bond acceptors (Lipinski definition) is 8. The van der Waals surface area contributed by atoms with Crippen LogP contribution in [0.25, 0.3) is 5.69 Å². The van der Waals surface area contributed by atoms with E-state index in [1.165, 1.54) is 17.0 Å². The van der Waals surface area contributed by atoms with Crippen molar-refractivity contribution in [1.82, 2.24) is 25.6 Å². The Morgan fingerprint density at radius 2 is 2.00 bits per heavy atom. The predicted molar refractivity (Wildman–Crippen MR) is 116 cm³/mol. The summed E-state index contributed by atoms with van der Waals surface area (Å²) in [4.78, 5) is 12.0. The van der Waals surface area contributed by atoms with Crippen LogP contribution in [-0.4, -0.2) is 48.3 Å². The zero-order valence-corrected chi connectivity index (χ0v) is 19.0. The van der Waals surface area contributed by atoms with Crippen LogP contribution < -0.4 is 5.43 Å². The van der Waals surface area contributed by atoms with Crippen molar-refractivity contribution in [1.29, 1.82) is 0 Å². The molecule has 13 heteroatoms. The Balaban J connectivity index is 1.60. The minimum atomic E-state index is -0.395. The number of hydrogen-bond donors (Lipinski definition) is 3. The molecule has 0 fully saturated rings. The summed E-state index contributed by atoms with van der Waals surface area (Å²) in [6, 6.07) is 8.40. The molecular formula is C16H11Br2ClN6O3S. The van der Waals surface area contributed by atoms with Crippen molar-refractivity contribution in [2.75, 3.05) is 5.75 Å². The molecule has 150 valence electrons. The van der Waals surface area contributed by atoms with E-state index >= 15 is 0 Å². The summed E-state index contributed by atoms with van der Waals surface area (Å²) >= 11 is 13.2. The highest BCUT2D eigenvalue weighted by molar-refractivity contribution is 9.11. The fourth-order valence-corrected chi connectivity index (χ4v) is 4.03. The summed E-state index contributed by atoms with van der Waals surface area (Å²) in [5.74, 6) is -0.729. The highest BCUT2D eigenvalue weighted by atomic mass is 79.9. The maximum atomic E-state index is 12.0. The summed E-state index contributed by atoms with van der Waals surface area (Å²) in [5.41, 5.74) is 3.35. The second kappa shape index (κ2) is 9.57. The van der Waals surface area contributed by atoms with Gasteiger partial charge in [0.2, 0.25) is 5.16 Å². The Morgan fingerprint density at radius 3 is 2.72 bits per heavy atom. The quantitative estimate of drug-likeness (QED) is 0.239. The number of nitrogens with one attached hydrogen (secondary N) is 1. The first-order valence-corrected chi connectivity index (χ1v) is 10.7. The van der Waals surface area contributed by atoms with Crippen molar-refractivity contribution in [3.8, 4) is 17.2 Å². The van der Waals surface area contributed by atoms with Gasteiger partial charge < -0.3 is 10.2 Å². The van der Waals surface area contributed by atoms with E-state index in [0.29, 0.717) is 25.9 Å². The first-order valence-electron chi connectivity index (χ1n) is 7.75. The van der Waals surface area contributed by atoms with Crippen LogP contribution in [0.15, 0.2) is 49.5 Å². The molecule has 0 aliphatic carbocycles. The molecule has 9 nitrogen and oxygen atoms in total. The van der Waals surface area contributed by atoms with Crippen molar-refractivity contribution in [2.45, 2.75) is 5.16 Å². The molecule has 1 aromatic heterocycles. The fraction of sp³-hybridized carbons (Fsp3) is 0.0625. The van der Waals surface area contributed by atoms with Gasteiger partial charge in [-0.2, -0.15) is 9.78 Å². The first-order chi connectivity index (χ1) is 13.9. The summed E-state index contributed by atoms with van der Waals surface area (Å²) in [7, 11) is 0. The highest BCUT2D eigenvalue weighted by Gasteiger charge is 2.14. The number of benzene rings is 2. The van der Waals surface area contributed by atoms with Crippen LogP contribution in [0.1, 0.15) is 5.56 Å². The Bertz CT molecular complexity index is 1080. The average Bonchev–Trinajstić information content (AvgIpc) is 3.18. The maximum Gasteiger partial charge on any atom is 0.250 e. The SMILES string of the molecule is O=C(CSc1nnnn1-c1ccc(Cl)cc1)NN=Cc1cc(Br)c(O)c(Br)c1O. The van der Waals surface area contributed by atoms with E-state index in [9.17, 15) is 15.0 Å². The lowest BCUT2D eigenvalue weighted by molar-refractivity contribution is -0.118. The number of phenolic OH excluding ortho intramolecular Hbond substituents is 2. The van der Waals surface area contributed by atoms with E-state index in [2.05, 4.69) is 57.9 Å². The van der Waals surface area contributed by atoms with Crippen LogP contribution in [0.4, 0.5) is 0 Å². The minimum absolute atomic E-state index is 0.0141. The average molecular weight is 563 g/mol. The lowest BCUT2D eigenvalue weighted by atomic mass is 10.2. The third-order valence-electron chi connectivity index (χ3n) is 3.44. The predicted octanol–water partition coefficient (Wildman–Crippen LogP) is 3.49. The van der Waals surface area contributed by atoms with Gasteiger partial charge in [0.25, 0.3) is 5.91 Å². The number of hydrazone groups is 1. The zero-order valence-electron chi connectivity index (χ0n) is 14.3. The summed E-state index contributed by atoms with van der Waals surface area (Å²) in [5, 5.41) is 35.9. The molecule has 3 N–H and O–H groups in total. The van der Waals surface area contributed by atoms with Crippen molar-refractivity contribution >= 4 is 67.3 Å². The number of nitrogens with zero attached hydrogens (tertiary/aromatic N) is 5. The number of aromatic hydroxyl groups is 2. The number of phenols is 2. The van der Waals surface area contributed by atoms with Crippen LogP contribution in [0, 0.1) is 0 Å². The molecule has 0 aliphatic heterocycles. The molecule has 0 radical (unpaired) electrons. The van der Waals surface area contributed by atoms with Gasteiger partial charge in [-0.3, -0.25) is 4.79 Å². The number of rotatable bonds is 6. The summed E-state index contributed by atoms with van der Waals surface area (Å²) < 4.78 is 1.96. The Hall–Kier alpha value is -2.15. The van der Waals surface area contributed by atoms with Crippen LogP contribution >= 0.6 is 55.2 Å². The van der Waals surface area contributed by atoms with Crippen molar-refractivity contribution in [3.05, 3.63) is 49.9 Å².